The van der Waals surface area contributed by atoms with Gasteiger partial charge < -0.3 is 14.2 Å². The first-order valence-electron chi connectivity index (χ1n) is 12.6. The normalized spacial score (nSPS) is 28.7. The van der Waals surface area contributed by atoms with Crippen LogP contribution in [0.25, 0.3) is 11.6 Å². The van der Waals surface area contributed by atoms with E-state index in [2.05, 4.69) is 31.2 Å². The summed E-state index contributed by atoms with van der Waals surface area (Å²) in [5, 5.41) is 0. The van der Waals surface area contributed by atoms with E-state index in [0.717, 1.165) is 35.4 Å². The molecule has 4 fully saturated rings. The van der Waals surface area contributed by atoms with Gasteiger partial charge in [-0.15, -0.1) is 0 Å². The fraction of sp³-hybridized carbons (Fsp3) is 0.500. The zero-order valence-corrected chi connectivity index (χ0v) is 20.6. The highest BCUT2D eigenvalue weighted by atomic mass is 16.7. The van der Waals surface area contributed by atoms with Gasteiger partial charge in [0.2, 0.25) is 0 Å². The van der Waals surface area contributed by atoms with Gasteiger partial charge in [-0.2, -0.15) is 0 Å². The van der Waals surface area contributed by atoms with Gasteiger partial charge in [-0.1, -0.05) is 36.4 Å². The van der Waals surface area contributed by atoms with Crippen molar-refractivity contribution in [3.63, 3.8) is 0 Å². The smallest absolute Gasteiger partial charge is 0.191 e. The predicted molar refractivity (Wildman–Crippen MR) is 135 cm³/mol. The average molecular weight is 461 g/mol. The van der Waals surface area contributed by atoms with E-state index in [0.29, 0.717) is 5.56 Å². The van der Waals surface area contributed by atoms with Crippen LogP contribution in [0, 0.1) is 17.8 Å². The standard InChI is InChI=1S/C30H36O4/c1-20(10-22-4-6-23(18-31)7-5-22)27-8-9-29(34-19-33-21(2)32-3)28(14-27)30-15-24-11-25(16-30)13-26(12-24)17-30/h4-10,14,18,21,24-26H,11-13,15-17,19H2,1-3H3/b20-10+. The maximum Gasteiger partial charge on any atom is 0.191 e. The van der Waals surface area contributed by atoms with Crippen molar-refractivity contribution < 1.29 is 19.0 Å². The van der Waals surface area contributed by atoms with E-state index < -0.39 is 0 Å². The molecular weight excluding hydrogens is 424 g/mol. The SMILES string of the molecule is COC(C)OCOc1ccc(/C(C)=C/c2ccc(C=O)cc2)cc1C12CC3CC(CC(C3)C1)C2. The molecule has 6 rings (SSSR count). The minimum absolute atomic E-state index is 0.186. The molecule has 0 aliphatic heterocycles. The molecule has 0 radical (unpaired) electrons. The van der Waals surface area contributed by atoms with Crippen LogP contribution in [0.15, 0.2) is 42.5 Å². The quantitative estimate of drug-likeness (QED) is 0.233. The number of aldehydes is 1. The molecular formula is C30H36O4. The summed E-state index contributed by atoms with van der Waals surface area (Å²) in [6, 6.07) is 14.4. The number of benzene rings is 2. The van der Waals surface area contributed by atoms with Gasteiger partial charge in [0.05, 0.1) is 0 Å². The molecule has 0 saturated heterocycles. The van der Waals surface area contributed by atoms with Gasteiger partial charge in [-0.25, -0.2) is 0 Å². The molecule has 4 aliphatic carbocycles. The topological polar surface area (TPSA) is 44.8 Å². The summed E-state index contributed by atoms with van der Waals surface area (Å²) >= 11 is 0. The molecule has 1 atom stereocenters. The summed E-state index contributed by atoms with van der Waals surface area (Å²) in [6.07, 6.45) is 10.9. The second-order valence-corrected chi connectivity index (χ2v) is 10.8. The third kappa shape index (κ3) is 4.71. The molecule has 0 aromatic heterocycles. The van der Waals surface area contributed by atoms with Crippen molar-refractivity contribution in [3.05, 3.63) is 64.7 Å². The summed E-state index contributed by atoms with van der Waals surface area (Å²) in [4.78, 5) is 11.0. The lowest BCUT2D eigenvalue weighted by atomic mass is 9.48. The first kappa shape index (κ1) is 23.3. The average Bonchev–Trinajstić information content (AvgIpc) is 2.83. The van der Waals surface area contributed by atoms with Gasteiger partial charge in [0.1, 0.15) is 12.0 Å². The Hall–Kier alpha value is -2.43. The lowest BCUT2D eigenvalue weighted by molar-refractivity contribution is -0.150. The second-order valence-electron chi connectivity index (χ2n) is 10.8. The number of hydrogen-bond donors (Lipinski definition) is 0. The Morgan fingerprint density at radius 2 is 1.62 bits per heavy atom. The van der Waals surface area contributed by atoms with Crippen molar-refractivity contribution in [1.29, 1.82) is 0 Å². The number of carbonyl (C=O) groups is 1. The zero-order valence-electron chi connectivity index (χ0n) is 20.6. The number of ether oxygens (including phenoxy) is 3. The Morgan fingerprint density at radius 1 is 1.00 bits per heavy atom. The van der Waals surface area contributed by atoms with Crippen molar-refractivity contribution in [3.8, 4) is 5.75 Å². The number of methoxy groups -OCH3 is 1. The molecule has 4 saturated carbocycles. The summed E-state index contributed by atoms with van der Waals surface area (Å²) in [7, 11) is 1.64. The second kappa shape index (κ2) is 9.67. The third-order valence-corrected chi connectivity index (χ3v) is 8.35. The monoisotopic (exact) mass is 460 g/mol. The summed E-state index contributed by atoms with van der Waals surface area (Å²) in [5.41, 5.74) is 5.82. The molecule has 0 spiro atoms. The molecule has 4 heteroatoms. The van der Waals surface area contributed by atoms with E-state index in [1.807, 2.05) is 31.2 Å². The fourth-order valence-corrected chi connectivity index (χ4v) is 7.02. The van der Waals surface area contributed by atoms with E-state index in [1.54, 1.807) is 7.11 Å². The first-order valence-corrected chi connectivity index (χ1v) is 12.6. The van der Waals surface area contributed by atoms with Gasteiger partial charge in [-0.05, 0) is 104 Å². The molecule has 0 heterocycles. The van der Waals surface area contributed by atoms with Crippen molar-refractivity contribution in [1.82, 2.24) is 0 Å². The van der Waals surface area contributed by atoms with Crippen LogP contribution < -0.4 is 4.74 Å². The summed E-state index contributed by atoms with van der Waals surface area (Å²) in [6.45, 7) is 4.23. The van der Waals surface area contributed by atoms with E-state index in [1.165, 1.54) is 55.2 Å². The van der Waals surface area contributed by atoms with Crippen molar-refractivity contribution >= 4 is 17.9 Å². The number of rotatable bonds is 9. The third-order valence-electron chi connectivity index (χ3n) is 8.35. The van der Waals surface area contributed by atoms with Crippen LogP contribution in [-0.2, 0) is 14.9 Å². The van der Waals surface area contributed by atoms with E-state index in [-0.39, 0.29) is 18.5 Å². The highest BCUT2D eigenvalue weighted by Crippen LogP contribution is 2.62. The molecule has 0 N–H and O–H groups in total. The van der Waals surface area contributed by atoms with Crippen LogP contribution in [0.4, 0.5) is 0 Å². The van der Waals surface area contributed by atoms with Crippen LogP contribution in [0.3, 0.4) is 0 Å². The van der Waals surface area contributed by atoms with Crippen molar-refractivity contribution in [2.24, 2.45) is 17.8 Å². The molecule has 1 unspecified atom stereocenters. The van der Waals surface area contributed by atoms with Crippen LogP contribution in [0.5, 0.6) is 5.75 Å². The Bertz CT molecular complexity index is 1020. The molecule has 4 bridgehead atoms. The highest BCUT2D eigenvalue weighted by Gasteiger charge is 2.52. The zero-order chi connectivity index (χ0) is 23.7. The van der Waals surface area contributed by atoms with E-state index in [9.17, 15) is 4.79 Å². The Labute approximate surface area is 203 Å². The Kier molecular flexibility index (Phi) is 6.63. The van der Waals surface area contributed by atoms with Gasteiger partial charge in [0.15, 0.2) is 13.1 Å². The van der Waals surface area contributed by atoms with Crippen LogP contribution in [0.2, 0.25) is 0 Å². The van der Waals surface area contributed by atoms with Gasteiger partial charge in [0, 0.05) is 18.2 Å². The number of carbonyl (C=O) groups excluding carboxylic acids is 1. The molecule has 0 amide bonds. The van der Waals surface area contributed by atoms with Gasteiger partial charge in [-0.3, -0.25) is 4.79 Å². The largest absolute Gasteiger partial charge is 0.467 e. The van der Waals surface area contributed by atoms with Crippen LogP contribution >= 0.6 is 0 Å². The minimum atomic E-state index is -0.293. The molecule has 4 nitrogen and oxygen atoms in total. The van der Waals surface area contributed by atoms with Gasteiger partial charge >= 0.3 is 0 Å². The maximum absolute atomic E-state index is 11.0. The lowest BCUT2D eigenvalue weighted by Crippen LogP contribution is -2.48. The molecule has 4 aliphatic rings. The Balaban J connectivity index is 1.47. The summed E-state index contributed by atoms with van der Waals surface area (Å²) in [5.74, 6) is 3.54. The molecule has 2 aromatic carbocycles. The summed E-state index contributed by atoms with van der Waals surface area (Å²) < 4.78 is 17.1. The van der Waals surface area contributed by atoms with E-state index >= 15 is 0 Å². The van der Waals surface area contributed by atoms with Crippen molar-refractivity contribution in [2.75, 3.05) is 13.9 Å². The molecule has 2 aromatic rings. The number of allylic oxidation sites excluding steroid dienone is 1. The lowest BCUT2D eigenvalue weighted by Gasteiger charge is -2.57. The van der Waals surface area contributed by atoms with Crippen LogP contribution in [0.1, 0.15) is 79.4 Å². The molecule has 34 heavy (non-hydrogen) atoms. The fourth-order valence-electron chi connectivity index (χ4n) is 7.02. The molecule has 180 valence electrons. The van der Waals surface area contributed by atoms with Gasteiger partial charge in [0.25, 0.3) is 0 Å². The predicted octanol–water partition coefficient (Wildman–Crippen LogP) is 6.87. The maximum atomic E-state index is 11.0. The van der Waals surface area contributed by atoms with Crippen LogP contribution in [-0.4, -0.2) is 26.5 Å². The van der Waals surface area contributed by atoms with Crippen molar-refractivity contribution in [2.45, 2.75) is 64.1 Å². The number of hydrogen-bond acceptors (Lipinski definition) is 4. The Morgan fingerprint density at radius 3 is 2.21 bits per heavy atom. The minimum Gasteiger partial charge on any atom is -0.467 e. The highest BCUT2D eigenvalue weighted by molar-refractivity contribution is 5.82. The van der Waals surface area contributed by atoms with E-state index in [4.69, 9.17) is 14.2 Å². The first-order chi connectivity index (χ1) is 16.5.